The van der Waals surface area contributed by atoms with Gasteiger partial charge in [0.1, 0.15) is 5.75 Å². The van der Waals surface area contributed by atoms with E-state index < -0.39 is 5.02 Å². The number of hydrogen-bond acceptors (Lipinski definition) is 4. The lowest BCUT2D eigenvalue weighted by Crippen LogP contribution is -2.16. The van der Waals surface area contributed by atoms with E-state index >= 15 is 0 Å². The molecule has 2 aromatic heterocycles. The van der Waals surface area contributed by atoms with Gasteiger partial charge in [-0.1, -0.05) is 35.3 Å². The highest BCUT2D eigenvalue weighted by Gasteiger charge is 2.12. The average Bonchev–Trinajstić information content (AvgIpc) is 2.88. The third kappa shape index (κ3) is 2.77. The van der Waals surface area contributed by atoms with Crippen molar-refractivity contribution in [3.05, 3.63) is 51.9 Å². The fourth-order valence-electron chi connectivity index (χ4n) is 2.12. The highest BCUT2D eigenvalue weighted by Crippen LogP contribution is 2.24. The minimum atomic E-state index is -0.924. The van der Waals surface area contributed by atoms with Crippen LogP contribution in [-0.2, 0) is 0 Å². The molecule has 21 heavy (non-hydrogen) atoms. The summed E-state index contributed by atoms with van der Waals surface area (Å²) in [4.78, 5) is 17.7. The van der Waals surface area contributed by atoms with E-state index in [1.54, 1.807) is 34.9 Å². The molecular weight excluding hydrogens is 331 g/mol. The van der Waals surface area contributed by atoms with Gasteiger partial charge in [-0.15, -0.1) is 11.3 Å². The summed E-state index contributed by atoms with van der Waals surface area (Å²) < 4.78 is 6.70. The number of rotatable bonds is 3. The van der Waals surface area contributed by atoms with Gasteiger partial charge in [-0.05, 0) is 24.6 Å². The number of halogens is 2. The van der Waals surface area contributed by atoms with E-state index in [-0.39, 0.29) is 5.56 Å². The number of ether oxygens (including phenoxy) is 1. The molecule has 0 aliphatic heterocycles. The molecule has 0 saturated heterocycles. The number of aromatic nitrogens is 2. The molecule has 3 rings (SSSR count). The zero-order valence-corrected chi connectivity index (χ0v) is 13.2. The zero-order chi connectivity index (χ0) is 15.0. The van der Waals surface area contributed by atoms with Gasteiger partial charge in [0.05, 0.1) is 11.3 Å². The molecule has 0 radical (unpaired) electrons. The number of benzene rings is 1. The standard InChI is InChI=1S/C14H10Cl2N2O2S/c1-8-11(12(19)18-6-7-21-14(18)17-8)9-2-4-10(5-3-9)20-13(15)16/h2-7,13H,1H3. The van der Waals surface area contributed by atoms with Crippen molar-refractivity contribution < 1.29 is 4.74 Å². The van der Waals surface area contributed by atoms with Crippen LogP contribution >= 0.6 is 34.5 Å². The first-order valence-corrected chi connectivity index (χ1v) is 7.83. The quantitative estimate of drug-likeness (QED) is 0.679. The maximum absolute atomic E-state index is 12.5. The summed E-state index contributed by atoms with van der Waals surface area (Å²) in [5.41, 5.74) is 1.97. The summed E-state index contributed by atoms with van der Waals surface area (Å²) in [7, 11) is 0. The Kier molecular flexibility index (Phi) is 3.89. The number of nitrogens with zero attached hydrogens (tertiary/aromatic N) is 2. The van der Waals surface area contributed by atoms with Crippen LogP contribution < -0.4 is 10.3 Å². The maximum atomic E-state index is 12.5. The summed E-state index contributed by atoms with van der Waals surface area (Å²) >= 11 is 12.5. The summed E-state index contributed by atoms with van der Waals surface area (Å²) in [5, 5.41) is 0.914. The van der Waals surface area contributed by atoms with Gasteiger partial charge < -0.3 is 4.74 Å². The van der Waals surface area contributed by atoms with Crippen molar-refractivity contribution in [3.63, 3.8) is 0 Å². The van der Waals surface area contributed by atoms with Crippen molar-refractivity contribution in [1.29, 1.82) is 0 Å². The van der Waals surface area contributed by atoms with Gasteiger partial charge in [-0.3, -0.25) is 9.20 Å². The van der Waals surface area contributed by atoms with E-state index in [4.69, 9.17) is 27.9 Å². The molecule has 0 amide bonds. The molecule has 0 fully saturated rings. The van der Waals surface area contributed by atoms with Crippen LogP contribution in [0.4, 0.5) is 0 Å². The van der Waals surface area contributed by atoms with E-state index in [0.717, 1.165) is 5.56 Å². The molecule has 4 nitrogen and oxygen atoms in total. The molecule has 0 unspecified atom stereocenters. The second kappa shape index (κ2) is 5.67. The van der Waals surface area contributed by atoms with Crippen LogP contribution in [0.1, 0.15) is 5.69 Å². The Morgan fingerprint density at radius 3 is 2.67 bits per heavy atom. The molecule has 2 heterocycles. The molecule has 1 aromatic carbocycles. The Morgan fingerprint density at radius 1 is 1.29 bits per heavy atom. The van der Waals surface area contributed by atoms with E-state index in [1.807, 2.05) is 12.3 Å². The Balaban J connectivity index is 2.09. The summed E-state index contributed by atoms with van der Waals surface area (Å²) in [6.45, 7) is 1.83. The number of alkyl halides is 2. The van der Waals surface area contributed by atoms with Crippen LogP contribution in [-0.4, -0.2) is 14.4 Å². The Hall–Kier alpha value is -1.56. The van der Waals surface area contributed by atoms with Crippen LogP contribution in [0.2, 0.25) is 0 Å². The molecule has 0 saturated carbocycles. The average molecular weight is 341 g/mol. The van der Waals surface area contributed by atoms with Gasteiger partial charge in [-0.2, -0.15) is 0 Å². The summed E-state index contributed by atoms with van der Waals surface area (Å²) in [6.07, 6.45) is 1.72. The zero-order valence-electron chi connectivity index (χ0n) is 10.9. The van der Waals surface area contributed by atoms with Crippen molar-refractivity contribution in [2.45, 2.75) is 11.9 Å². The molecular formula is C14H10Cl2N2O2S. The van der Waals surface area contributed by atoms with Gasteiger partial charge >= 0.3 is 0 Å². The van der Waals surface area contributed by atoms with Crippen molar-refractivity contribution >= 4 is 39.5 Å². The molecule has 0 N–H and O–H groups in total. The molecule has 0 atom stereocenters. The molecule has 0 bridgehead atoms. The van der Waals surface area contributed by atoms with E-state index in [1.165, 1.54) is 11.3 Å². The van der Waals surface area contributed by atoms with Crippen LogP contribution in [0.25, 0.3) is 16.1 Å². The number of thiazole rings is 1. The monoisotopic (exact) mass is 340 g/mol. The van der Waals surface area contributed by atoms with Gasteiger partial charge in [-0.25, -0.2) is 4.98 Å². The Morgan fingerprint density at radius 2 is 2.00 bits per heavy atom. The third-order valence-electron chi connectivity index (χ3n) is 3.02. The SMILES string of the molecule is Cc1nc2sccn2c(=O)c1-c1ccc(OC(Cl)Cl)cc1. The lowest BCUT2D eigenvalue weighted by atomic mass is 10.1. The van der Waals surface area contributed by atoms with Gasteiger partial charge in [0.15, 0.2) is 4.96 Å². The van der Waals surface area contributed by atoms with Crippen LogP contribution in [0.15, 0.2) is 40.6 Å². The van der Waals surface area contributed by atoms with Crippen molar-refractivity contribution in [2.75, 3.05) is 0 Å². The fraction of sp³-hybridized carbons (Fsp3) is 0.143. The molecule has 3 aromatic rings. The lowest BCUT2D eigenvalue weighted by molar-refractivity contribution is 0.354. The molecule has 7 heteroatoms. The number of fused-ring (bicyclic) bond motifs is 1. The highest BCUT2D eigenvalue weighted by molar-refractivity contribution is 7.15. The van der Waals surface area contributed by atoms with E-state index in [0.29, 0.717) is 22.0 Å². The third-order valence-corrected chi connectivity index (χ3v) is 3.95. The topological polar surface area (TPSA) is 43.6 Å². The van der Waals surface area contributed by atoms with Gasteiger partial charge in [0.25, 0.3) is 5.56 Å². The van der Waals surface area contributed by atoms with Gasteiger partial charge in [0, 0.05) is 11.6 Å². The molecule has 108 valence electrons. The van der Waals surface area contributed by atoms with E-state index in [9.17, 15) is 4.79 Å². The van der Waals surface area contributed by atoms with Crippen LogP contribution in [0.5, 0.6) is 5.75 Å². The predicted molar refractivity (Wildman–Crippen MR) is 85.6 cm³/mol. The predicted octanol–water partition coefficient (Wildman–Crippen LogP) is 3.87. The van der Waals surface area contributed by atoms with Crippen LogP contribution in [0, 0.1) is 6.92 Å². The largest absolute Gasteiger partial charge is 0.461 e. The molecule has 0 aliphatic carbocycles. The Bertz CT molecular complexity index is 840. The highest BCUT2D eigenvalue weighted by atomic mass is 35.5. The minimum Gasteiger partial charge on any atom is -0.461 e. The van der Waals surface area contributed by atoms with Crippen molar-refractivity contribution in [3.8, 4) is 16.9 Å². The second-order valence-corrected chi connectivity index (χ2v) is 6.23. The Labute approximate surface area is 134 Å². The molecule has 0 aliphatic rings. The summed E-state index contributed by atoms with van der Waals surface area (Å²) in [5.74, 6) is 0.538. The normalized spacial score (nSPS) is 11.2. The van der Waals surface area contributed by atoms with Crippen molar-refractivity contribution in [1.82, 2.24) is 9.38 Å². The summed E-state index contributed by atoms with van der Waals surface area (Å²) in [6, 6.07) is 7.01. The van der Waals surface area contributed by atoms with Crippen LogP contribution in [0.3, 0.4) is 0 Å². The fourth-order valence-corrected chi connectivity index (χ4v) is 3.07. The lowest BCUT2D eigenvalue weighted by Gasteiger charge is -2.08. The second-order valence-electron chi connectivity index (χ2n) is 4.34. The van der Waals surface area contributed by atoms with E-state index in [2.05, 4.69) is 4.98 Å². The van der Waals surface area contributed by atoms with Crippen molar-refractivity contribution in [2.24, 2.45) is 0 Å². The van der Waals surface area contributed by atoms with Gasteiger partial charge in [0.2, 0.25) is 5.02 Å². The number of hydrogen-bond donors (Lipinski definition) is 0. The smallest absolute Gasteiger partial charge is 0.266 e. The number of aryl methyl sites for hydroxylation is 1. The molecule has 0 spiro atoms. The first kappa shape index (κ1) is 14.4. The first-order valence-electron chi connectivity index (χ1n) is 6.08. The first-order chi connectivity index (χ1) is 10.1. The minimum absolute atomic E-state index is 0.0834. The maximum Gasteiger partial charge on any atom is 0.266 e.